The van der Waals surface area contributed by atoms with Gasteiger partial charge in [0.25, 0.3) is 0 Å². The molecule has 0 fully saturated rings. The van der Waals surface area contributed by atoms with Gasteiger partial charge in [0.1, 0.15) is 28.0 Å². The molecule has 0 radical (unpaired) electrons. The van der Waals surface area contributed by atoms with Crippen LogP contribution in [0.1, 0.15) is 24.3 Å². The minimum atomic E-state index is -2.99. The minimum Gasteiger partial charge on any atom is -0.492 e. The summed E-state index contributed by atoms with van der Waals surface area (Å²) in [5.41, 5.74) is 0.918. The molecule has 1 aromatic carbocycles. The highest BCUT2D eigenvalue weighted by Crippen LogP contribution is 2.34. The van der Waals surface area contributed by atoms with Gasteiger partial charge in [0, 0.05) is 18.2 Å². The summed E-state index contributed by atoms with van der Waals surface area (Å²) in [6.45, 7) is 0.372. The van der Waals surface area contributed by atoms with Crippen molar-refractivity contribution in [2.45, 2.75) is 18.8 Å². The van der Waals surface area contributed by atoms with Gasteiger partial charge >= 0.3 is 0 Å². The van der Waals surface area contributed by atoms with E-state index in [-0.39, 0.29) is 23.9 Å². The summed E-state index contributed by atoms with van der Waals surface area (Å²) in [7, 11) is -2.99. The van der Waals surface area contributed by atoms with Crippen LogP contribution >= 0.6 is 0 Å². The minimum absolute atomic E-state index is 0.0589. The Balaban J connectivity index is 1.96. The van der Waals surface area contributed by atoms with Gasteiger partial charge in [-0.1, -0.05) is 18.2 Å². The monoisotopic (exact) mass is 268 g/mol. The fourth-order valence-corrected chi connectivity index (χ4v) is 2.78. The molecule has 0 aromatic heterocycles. The lowest BCUT2D eigenvalue weighted by Crippen LogP contribution is -2.15. The molecule has 2 rings (SSSR count). The first-order valence-corrected chi connectivity index (χ1v) is 7.95. The van der Waals surface area contributed by atoms with E-state index in [9.17, 15) is 13.2 Å². The average Bonchev–Trinajstić information content (AvgIpc) is 2.70. The summed E-state index contributed by atoms with van der Waals surface area (Å²) in [5.74, 6) is 0.650. The Labute approximate surface area is 107 Å². The van der Waals surface area contributed by atoms with Crippen LogP contribution in [0.3, 0.4) is 0 Å². The summed E-state index contributed by atoms with van der Waals surface area (Å²) < 4.78 is 27.4. The zero-order valence-electron chi connectivity index (χ0n) is 10.3. The lowest BCUT2D eigenvalue weighted by molar-refractivity contribution is -0.120. The average molecular weight is 268 g/mol. The Morgan fingerprint density at radius 2 is 2.11 bits per heavy atom. The number of Topliss-reactive ketones (excluding diaryl/α,β-unsaturated/α-hetero) is 1. The molecule has 18 heavy (non-hydrogen) atoms. The molecule has 1 aromatic rings. The molecular weight excluding hydrogens is 252 g/mol. The first-order chi connectivity index (χ1) is 8.47. The van der Waals surface area contributed by atoms with Crippen LogP contribution in [-0.2, 0) is 14.6 Å². The van der Waals surface area contributed by atoms with Crippen LogP contribution in [0.25, 0.3) is 0 Å². The molecular formula is C13H16O4S. The quantitative estimate of drug-likeness (QED) is 0.813. The Hall–Kier alpha value is -1.36. The Bertz CT molecular complexity index is 548. The zero-order valence-corrected chi connectivity index (χ0v) is 11.1. The van der Waals surface area contributed by atoms with E-state index in [1.54, 1.807) is 0 Å². The molecule has 0 saturated heterocycles. The van der Waals surface area contributed by atoms with Crippen LogP contribution in [0.15, 0.2) is 24.3 Å². The van der Waals surface area contributed by atoms with Crippen molar-refractivity contribution in [3.05, 3.63) is 29.8 Å². The summed E-state index contributed by atoms with van der Waals surface area (Å²) in [5, 5.41) is 0. The third-order valence-electron chi connectivity index (χ3n) is 3.03. The number of ether oxygens (including phenoxy) is 1. The van der Waals surface area contributed by atoms with Gasteiger partial charge in [-0.3, -0.25) is 4.79 Å². The number of fused-ring (bicyclic) bond motifs is 1. The van der Waals surface area contributed by atoms with Gasteiger partial charge in [0.15, 0.2) is 0 Å². The maximum atomic E-state index is 12.0. The summed E-state index contributed by atoms with van der Waals surface area (Å²) >= 11 is 0. The molecule has 0 saturated carbocycles. The SMILES string of the molecule is CS(=O)(=O)CCCC(=O)C1COc2ccccc21. The third-order valence-corrected chi connectivity index (χ3v) is 4.06. The lowest BCUT2D eigenvalue weighted by atomic mass is 9.94. The van der Waals surface area contributed by atoms with Gasteiger partial charge in [-0.25, -0.2) is 8.42 Å². The smallest absolute Gasteiger partial charge is 0.147 e. The molecule has 0 amide bonds. The number of ketones is 1. The molecule has 0 bridgehead atoms. The van der Waals surface area contributed by atoms with E-state index >= 15 is 0 Å². The highest BCUT2D eigenvalue weighted by atomic mass is 32.2. The molecule has 0 aliphatic carbocycles. The molecule has 4 nitrogen and oxygen atoms in total. The van der Waals surface area contributed by atoms with E-state index in [1.165, 1.54) is 6.26 Å². The van der Waals surface area contributed by atoms with Gasteiger partial charge < -0.3 is 4.74 Å². The maximum absolute atomic E-state index is 12.0. The van der Waals surface area contributed by atoms with Crippen LogP contribution in [-0.4, -0.2) is 32.8 Å². The van der Waals surface area contributed by atoms with E-state index in [1.807, 2.05) is 24.3 Å². The van der Waals surface area contributed by atoms with Gasteiger partial charge in [0.05, 0.1) is 11.7 Å². The van der Waals surface area contributed by atoms with Gasteiger partial charge in [-0.15, -0.1) is 0 Å². The molecule has 1 unspecified atom stereocenters. The van der Waals surface area contributed by atoms with Crippen molar-refractivity contribution in [2.24, 2.45) is 0 Å². The van der Waals surface area contributed by atoms with Crippen LogP contribution < -0.4 is 4.74 Å². The highest BCUT2D eigenvalue weighted by molar-refractivity contribution is 7.90. The highest BCUT2D eigenvalue weighted by Gasteiger charge is 2.29. The Kier molecular flexibility index (Phi) is 3.71. The van der Waals surface area contributed by atoms with Gasteiger partial charge in [0.2, 0.25) is 0 Å². The van der Waals surface area contributed by atoms with Crippen molar-refractivity contribution in [1.29, 1.82) is 0 Å². The number of benzene rings is 1. The van der Waals surface area contributed by atoms with Crippen LogP contribution in [0.5, 0.6) is 5.75 Å². The number of para-hydroxylation sites is 1. The number of carbonyl (C=O) groups excluding carboxylic acids is 1. The number of sulfone groups is 1. The van der Waals surface area contributed by atoms with Crippen molar-refractivity contribution in [3.8, 4) is 5.75 Å². The molecule has 1 heterocycles. The first-order valence-electron chi connectivity index (χ1n) is 5.89. The molecule has 1 atom stereocenters. The second-order valence-electron chi connectivity index (χ2n) is 4.60. The number of carbonyl (C=O) groups is 1. The lowest BCUT2D eigenvalue weighted by Gasteiger charge is -2.07. The van der Waals surface area contributed by atoms with Gasteiger partial charge in [-0.05, 0) is 12.5 Å². The predicted molar refractivity (Wildman–Crippen MR) is 68.6 cm³/mol. The van der Waals surface area contributed by atoms with Gasteiger partial charge in [-0.2, -0.15) is 0 Å². The molecule has 0 N–H and O–H groups in total. The second-order valence-corrected chi connectivity index (χ2v) is 6.86. The number of hydrogen-bond acceptors (Lipinski definition) is 4. The van der Waals surface area contributed by atoms with E-state index in [2.05, 4.69) is 0 Å². The normalized spacial score (nSPS) is 18.2. The van der Waals surface area contributed by atoms with E-state index in [4.69, 9.17) is 4.74 Å². The van der Waals surface area contributed by atoms with Crippen LogP contribution in [0.2, 0.25) is 0 Å². The van der Waals surface area contributed by atoms with Crippen molar-refractivity contribution >= 4 is 15.6 Å². The first kappa shape index (κ1) is 13.1. The standard InChI is InChI=1S/C13H16O4S/c1-18(15,16)8-4-6-12(14)11-9-17-13-7-3-2-5-10(11)13/h2-3,5,7,11H,4,6,8-9H2,1H3. The third kappa shape index (κ3) is 3.10. The number of hydrogen-bond donors (Lipinski definition) is 0. The molecule has 1 aliphatic heterocycles. The molecule has 1 aliphatic rings. The summed E-state index contributed by atoms with van der Waals surface area (Å²) in [6.07, 6.45) is 1.86. The second kappa shape index (κ2) is 5.10. The van der Waals surface area contributed by atoms with E-state index in [0.717, 1.165) is 11.3 Å². The Morgan fingerprint density at radius 3 is 2.83 bits per heavy atom. The van der Waals surface area contributed by atoms with Crippen molar-refractivity contribution in [1.82, 2.24) is 0 Å². The fourth-order valence-electron chi connectivity index (χ4n) is 2.11. The molecule has 0 spiro atoms. The fraction of sp³-hybridized carbons (Fsp3) is 0.462. The summed E-state index contributed by atoms with van der Waals surface area (Å²) in [4.78, 5) is 12.0. The van der Waals surface area contributed by atoms with Crippen molar-refractivity contribution in [3.63, 3.8) is 0 Å². The van der Waals surface area contributed by atoms with Crippen LogP contribution in [0, 0.1) is 0 Å². The van der Waals surface area contributed by atoms with E-state index < -0.39 is 9.84 Å². The number of rotatable bonds is 5. The van der Waals surface area contributed by atoms with E-state index in [0.29, 0.717) is 13.0 Å². The Morgan fingerprint density at radius 1 is 1.39 bits per heavy atom. The maximum Gasteiger partial charge on any atom is 0.147 e. The predicted octanol–water partition coefficient (Wildman–Crippen LogP) is 1.56. The zero-order chi connectivity index (χ0) is 13.2. The molecule has 98 valence electrons. The van der Waals surface area contributed by atoms with Crippen LogP contribution in [0.4, 0.5) is 0 Å². The van der Waals surface area contributed by atoms with Crippen molar-refractivity contribution < 1.29 is 17.9 Å². The van der Waals surface area contributed by atoms with Crippen molar-refractivity contribution in [2.75, 3.05) is 18.6 Å². The molecule has 5 heteroatoms. The topological polar surface area (TPSA) is 60.4 Å². The largest absolute Gasteiger partial charge is 0.492 e. The summed E-state index contributed by atoms with van der Waals surface area (Å²) in [6, 6.07) is 7.49.